The average molecular weight is 203 g/mol. The maximum atomic E-state index is 5.82. The van der Waals surface area contributed by atoms with Crippen molar-refractivity contribution in [2.24, 2.45) is 5.92 Å². The first-order valence-electron chi connectivity index (χ1n) is 5.74. The quantitative estimate of drug-likeness (QED) is 0.793. The lowest BCUT2D eigenvalue weighted by Gasteiger charge is -2.31. The van der Waals surface area contributed by atoms with Crippen molar-refractivity contribution in [3.8, 4) is 5.75 Å². The Labute approximate surface area is 90.6 Å². The third kappa shape index (κ3) is 1.44. The van der Waals surface area contributed by atoms with Crippen LogP contribution in [0.5, 0.6) is 5.75 Å². The first kappa shape index (κ1) is 9.22. The van der Waals surface area contributed by atoms with Gasteiger partial charge in [0, 0.05) is 11.5 Å². The minimum atomic E-state index is 0.382. The SMILES string of the molecule is CNC1(C2COc3ccccc3C2)CC1. The van der Waals surface area contributed by atoms with E-state index in [1.54, 1.807) is 0 Å². The van der Waals surface area contributed by atoms with E-state index in [9.17, 15) is 0 Å². The second-order valence-corrected chi connectivity index (χ2v) is 4.73. The van der Waals surface area contributed by atoms with Gasteiger partial charge >= 0.3 is 0 Å². The number of fused-ring (bicyclic) bond motifs is 1. The first-order chi connectivity index (χ1) is 7.34. The Bertz CT molecular complexity index is 371. The Hall–Kier alpha value is -1.02. The highest BCUT2D eigenvalue weighted by atomic mass is 16.5. The molecule has 1 unspecified atom stereocenters. The molecule has 3 rings (SSSR count). The van der Waals surface area contributed by atoms with Crippen LogP contribution in [-0.2, 0) is 6.42 Å². The van der Waals surface area contributed by atoms with Crippen LogP contribution in [0.15, 0.2) is 24.3 Å². The molecule has 0 saturated heterocycles. The molecule has 1 heterocycles. The fourth-order valence-electron chi connectivity index (χ4n) is 2.68. The molecule has 2 nitrogen and oxygen atoms in total. The third-order valence-corrected chi connectivity index (χ3v) is 3.95. The molecule has 0 bridgehead atoms. The van der Waals surface area contributed by atoms with Crippen molar-refractivity contribution < 1.29 is 4.74 Å². The number of hydrogen-bond acceptors (Lipinski definition) is 2. The van der Waals surface area contributed by atoms with Gasteiger partial charge in [-0.15, -0.1) is 0 Å². The summed E-state index contributed by atoms with van der Waals surface area (Å²) in [6.07, 6.45) is 3.77. The molecular weight excluding hydrogens is 186 g/mol. The maximum absolute atomic E-state index is 5.82. The number of ether oxygens (including phenoxy) is 1. The summed E-state index contributed by atoms with van der Waals surface area (Å²) in [4.78, 5) is 0. The van der Waals surface area contributed by atoms with E-state index in [-0.39, 0.29) is 0 Å². The molecular formula is C13H17NO. The smallest absolute Gasteiger partial charge is 0.122 e. The van der Waals surface area contributed by atoms with E-state index in [1.807, 2.05) is 6.07 Å². The van der Waals surface area contributed by atoms with Crippen LogP contribution in [-0.4, -0.2) is 19.2 Å². The van der Waals surface area contributed by atoms with Crippen molar-refractivity contribution >= 4 is 0 Å². The van der Waals surface area contributed by atoms with Crippen molar-refractivity contribution in [1.82, 2.24) is 5.32 Å². The summed E-state index contributed by atoms with van der Waals surface area (Å²) in [5, 5.41) is 3.47. The number of hydrogen-bond donors (Lipinski definition) is 1. The summed E-state index contributed by atoms with van der Waals surface area (Å²) in [7, 11) is 2.08. The third-order valence-electron chi connectivity index (χ3n) is 3.95. The Morgan fingerprint density at radius 2 is 2.13 bits per heavy atom. The van der Waals surface area contributed by atoms with Gasteiger partial charge in [0.05, 0.1) is 6.61 Å². The van der Waals surface area contributed by atoms with E-state index in [0.717, 1.165) is 18.8 Å². The van der Waals surface area contributed by atoms with Crippen LogP contribution in [0, 0.1) is 5.92 Å². The molecule has 2 aliphatic rings. The minimum absolute atomic E-state index is 0.382. The lowest BCUT2D eigenvalue weighted by atomic mass is 9.88. The van der Waals surface area contributed by atoms with Gasteiger partial charge in [-0.3, -0.25) is 0 Å². The van der Waals surface area contributed by atoms with Crippen LogP contribution in [0.2, 0.25) is 0 Å². The van der Waals surface area contributed by atoms with Crippen LogP contribution in [0.3, 0.4) is 0 Å². The number of para-hydroxylation sites is 1. The highest BCUT2D eigenvalue weighted by Crippen LogP contribution is 2.45. The van der Waals surface area contributed by atoms with Gasteiger partial charge in [-0.25, -0.2) is 0 Å². The summed E-state index contributed by atoms with van der Waals surface area (Å²) >= 11 is 0. The molecule has 1 aromatic carbocycles. The van der Waals surface area contributed by atoms with E-state index in [4.69, 9.17) is 4.74 Å². The van der Waals surface area contributed by atoms with E-state index in [1.165, 1.54) is 18.4 Å². The van der Waals surface area contributed by atoms with E-state index < -0.39 is 0 Å². The number of benzene rings is 1. The molecule has 0 amide bonds. The van der Waals surface area contributed by atoms with Gasteiger partial charge in [-0.2, -0.15) is 0 Å². The van der Waals surface area contributed by atoms with Gasteiger partial charge in [0.25, 0.3) is 0 Å². The molecule has 2 heteroatoms. The fraction of sp³-hybridized carbons (Fsp3) is 0.538. The van der Waals surface area contributed by atoms with Crippen molar-refractivity contribution in [2.45, 2.75) is 24.8 Å². The second kappa shape index (κ2) is 3.24. The van der Waals surface area contributed by atoms with Crippen molar-refractivity contribution in [3.63, 3.8) is 0 Å². The topological polar surface area (TPSA) is 21.3 Å². The lowest BCUT2D eigenvalue weighted by Crippen LogP contribution is -2.42. The van der Waals surface area contributed by atoms with Gasteiger partial charge < -0.3 is 10.1 Å². The summed E-state index contributed by atoms with van der Waals surface area (Å²) < 4.78 is 5.82. The Balaban J connectivity index is 1.83. The zero-order valence-electron chi connectivity index (χ0n) is 9.12. The molecule has 1 aliphatic carbocycles. The van der Waals surface area contributed by atoms with Gasteiger partial charge in [0.15, 0.2) is 0 Å². The van der Waals surface area contributed by atoms with Crippen molar-refractivity contribution in [3.05, 3.63) is 29.8 Å². The van der Waals surface area contributed by atoms with E-state index in [2.05, 4.69) is 30.6 Å². The minimum Gasteiger partial charge on any atom is -0.493 e. The van der Waals surface area contributed by atoms with Gasteiger partial charge in [-0.1, -0.05) is 18.2 Å². The molecule has 1 saturated carbocycles. The van der Waals surface area contributed by atoms with Crippen LogP contribution in [0.25, 0.3) is 0 Å². The molecule has 0 radical (unpaired) electrons. The average Bonchev–Trinajstić information content (AvgIpc) is 3.09. The zero-order chi connectivity index (χ0) is 10.3. The van der Waals surface area contributed by atoms with Crippen LogP contribution >= 0.6 is 0 Å². The normalized spacial score (nSPS) is 26.6. The molecule has 15 heavy (non-hydrogen) atoms. The zero-order valence-corrected chi connectivity index (χ0v) is 9.12. The van der Waals surface area contributed by atoms with Gasteiger partial charge in [0.1, 0.15) is 5.75 Å². The van der Waals surface area contributed by atoms with Gasteiger partial charge in [-0.05, 0) is 37.9 Å². The molecule has 0 aromatic heterocycles. The highest BCUT2D eigenvalue weighted by Gasteiger charge is 2.49. The molecule has 0 spiro atoms. The molecule has 1 fully saturated rings. The maximum Gasteiger partial charge on any atom is 0.122 e. The predicted molar refractivity (Wildman–Crippen MR) is 60.2 cm³/mol. The number of nitrogens with one attached hydrogen (secondary N) is 1. The van der Waals surface area contributed by atoms with Crippen molar-refractivity contribution in [1.29, 1.82) is 0 Å². The summed E-state index contributed by atoms with van der Waals surface area (Å²) in [5.74, 6) is 1.73. The Morgan fingerprint density at radius 3 is 2.87 bits per heavy atom. The molecule has 80 valence electrons. The van der Waals surface area contributed by atoms with Crippen molar-refractivity contribution in [2.75, 3.05) is 13.7 Å². The van der Waals surface area contributed by atoms with Crippen LogP contribution in [0.4, 0.5) is 0 Å². The highest BCUT2D eigenvalue weighted by molar-refractivity contribution is 5.36. The molecule has 1 atom stereocenters. The summed E-state index contributed by atoms with van der Waals surface area (Å²) in [5.41, 5.74) is 1.75. The summed E-state index contributed by atoms with van der Waals surface area (Å²) in [6.45, 7) is 0.873. The molecule has 1 aliphatic heterocycles. The standard InChI is InChI=1S/C13H17NO/c1-14-13(6-7-13)11-8-10-4-2-3-5-12(10)15-9-11/h2-5,11,14H,6-9H2,1H3. The second-order valence-electron chi connectivity index (χ2n) is 4.73. The van der Waals surface area contributed by atoms with E-state index >= 15 is 0 Å². The molecule has 1 N–H and O–H groups in total. The van der Waals surface area contributed by atoms with E-state index in [0.29, 0.717) is 11.5 Å². The lowest BCUT2D eigenvalue weighted by molar-refractivity contribution is 0.178. The number of rotatable bonds is 2. The van der Waals surface area contributed by atoms with Crippen LogP contribution < -0.4 is 10.1 Å². The Morgan fingerprint density at radius 1 is 1.33 bits per heavy atom. The van der Waals surface area contributed by atoms with Crippen LogP contribution in [0.1, 0.15) is 18.4 Å². The first-order valence-corrected chi connectivity index (χ1v) is 5.74. The monoisotopic (exact) mass is 203 g/mol. The Kier molecular flexibility index (Phi) is 1.99. The fourth-order valence-corrected chi connectivity index (χ4v) is 2.68. The molecule has 1 aromatic rings. The summed E-state index contributed by atoms with van der Waals surface area (Å²) in [6, 6.07) is 8.41. The predicted octanol–water partition coefficient (Wildman–Crippen LogP) is 1.99. The largest absolute Gasteiger partial charge is 0.493 e. The van der Waals surface area contributed by atoms with Gasteiger partial charge in [0.2, 0.25) is 0 Å².